The first-order valence-electron chi connectivity index (χ1n) is 8.18. The van der Waals surface area contributed by atoms with Crippen molar-refractivity contribution in [2.75, 3.05) is 33.3 Å². The van der Waals surface area contributed by atoms with Crippen LogP contribution < -0.4 is 19.1 Å². The van der Waals surface area contributed by atoms with E-state index in [4.69, 9.17) is 14.2 Å². The summed E-state index contributed by atoms with van der Waals surface area (Å²) in [5.41, 5.74) is 1.64. The highest BCUT2D eigenvalue weighted by Crippen LogP contribution is 2.38. The Kier molecular flexibility index (Phi) is 5.61. The van der Waals surface area contributed by atoms with E-state index in [0.717, 1.165) is 15.8 Å². The summed E-state index contributed by atoms with van der Waals surface area (Å²) in [6.07, 6.45) is 3.20. The highest BCUT2D eigenvalue weighted by molar-refractivity contribution is 7.22. The number of fused-ring (bicyclic) bond motifs is 1. The van der Waals surface area contributed by atoms with Crippen molar-refractivity contribution >= 4 is 38.7 Å². The molecule has 0 radical (unpaired) electrons. The van der Waals surface area contributed by atoms with Gasteiger partial charge in [-0.05, 0) is 35.9 Å². The van der Waals surface area contributed by atoms with Gasteiger partial charge in [0.05, 0.1) is 31.5 Å². The second-order valence-electron chi connectivity index (χ2n) is 5.65. The Morgan fingerprint density at radius 1 is 1.07 bits per heavy atom. The third-order valence-electron chi connectivity index (χ3n) is 4.01. The topological polar surface area (TPSA) is 60.9 Å². The number of methoxy groups -OCH3 is 3. The normalized spacial score (nSPS) is 11.0. The van der Waals surface area contributed by atoms with E-state index < -0.39 is 0 Å². The van der Waals surface area contributed by atoms with Gasteiger partial charge >= 0.3 is 0 Å². The molecule has 0 bridgehead atoms. The Labute approximate surface area is 161 Å². The fraction of sp³-hybridized carbons (Fsp3) is 0.200. The summed E-state index contributed by atoms with van der Waals surface area (Å²) in [6, 6.07) is 11.4. The monoisotopic (exact) mass is 384 g/mol. The van der Waals surface area contributed by atoms with Gasteiger partial charge in [0.2, 0.25) is 5.75 Å². The molecule has 0 unspecified atom stereocenters. The standard InChI is InChI=1S/C20H20N2O4S/c1-22(20-21-14-7-5-6-8-17(14)27-20)18(23)10-9-13-11-15(24-2)19(26-4)16(12-13)25-3/h5-12H,1-4H3/b10-9+. The minimum absolute atomic E-state index is 0.178. The maximum Gasteiger partial charge on any atom is 0.252 e. The average Bonchev–Trinajstić information content (AvgIpc) is 3.14. The molecule has 0 N–H and O–H groups in total. The average molecular weight is 384 g/mol. The summed E-state index contributed by atoms with van der Waals surface area (Å²) in [7, 11) is 6.36. The van der Waals surface area contributed by atoms with E-state index in [1.165, 1.54) is 22.3 Å². The first-order chi connectivity index (χ1) is 13.1. The molecule has 0 spiro atoms. The molecule has 2 aromatic carbocycles. The Morgan fingerprint density at radius 3 is 2.33 bits per heavy atom. The summed E-state index contributed by atoms with van der Waals surface area (Å²) in [5.74, 6) is 1.39. The SMILES string of the molecule is COc1cc(/C=C/C(=O)N(C)c2nc3ccccc3s2)cc(OC)c1OC. The van der Waals surface area contributed by atoms with Gasteiger partial charge in [-0.1, -0.05) is 23.5 Å². The van der Waals surface area contributed by atoms with E-state index in [1.807, 2.05) is 24.3 Å². The molecule has 0 saturated heterocycles. The van der Waals surface area contributed by atoms with Gasteiger partial charge < -0.3 is 14.2 Å². The highest BCUT2D eigenvalue weighted by Gasteiger charge is 2.14. The number of carbonyl (C=O) groups excluding carboxylic acids is 1. The number of nitrogens with zero attached hydrogens (tertiary/aromatic N) is 2. The summed E-state index contributed by atoms with van der Waals surface area (Å²) in [5, 5.41) is 0.649. The van der Waals surface area contributed by atoms with E-state index in [0.29, 0.717) is 22.4 Å². The van der Waals surface area contributed by atoms with Crippen LogP contribution in [-0.2, 0) is 4.79 Å². The van der Waals surface area contributed by atoms with Gasteiger partial charge in [-0.25, -0.2) is 4.98 Å². The largest absolute Gasteiger partial charge is 0.493 e. The summed E-state index contributed by atoms with van der Waals surface area (Å²) in [6.45, 7) is 0. The van der Waals surface area contributed by atoms with Gasteiger partial charge in [0.25, 0.3) is 5.91 Å². The van der Waals surface area contributed by atoms with E-state index >= 15 is 0 Å². The number of hydrogen-bond acceptors (Lipinski definition) is 6. The zero-order chi connectivity index (χ0) is 19.4. The molecule has 1 aromatic heterocycles. The van der Waals surface area contributed by atoms with Crippen LogP contribution in [0.5, 0.6) is 17.2 Å². The number of amides is 1. The number of thiazole rings is 1. The molecule has 27 heavy (non-hydrogen) atoms. The quantitative estimate of drug-likeness (QED) is 0.601. The maximum absolute atomic E-state index is 12.5. The number of carbonyl (C=O) groups is 1. The molecule has 6 nitrogen and oxygen atoms in total. The van der Waals surface area contributed by atoms with Crippen molar-refractivity contribution in [3.8, 4) is 17.2 Å². The van der Waals surface area contributed by atoms with Gasteiger partial charge in [-0.3, -0.25) is 9.69 Å². The van der Waals surface area contributed by atoms with Crippen molar-refractivity contribution in [1.82, 2.24) is 4.98 Å². The second-order valence-corrected chi connectivity index (χ2v) is 6.66. The Balaban J connectivity index is 1.83. The van der Waals surface area contributed by atoms with Crippen LogP contribution in [0.3, 0.4) is 0 Å². The molecule has 3 rings (SSSR count). The smallest absolute Gasteiger partial charge is 0.252 e. The molecule has 0 atom stereocenters. The Bertz CT molecular complexity index is 939. The van der Waals surface area contributed by atoms with Gasteiger partial charge in [0, 0.05) is 13.1 Å². The van der Waals surface area contributed by atoms with Crippen LogP contribution in [0, 0.1) is 0 Å². The molecule has 0 aliphatic heterocycles. The third-order valence-corrected chi connectivity index (χ3v) is 5.12. The lowest BCUT2D eigenvalue weighted by molar-refractivity contribution is -0.113. The van der Waals surface area contributed by atoms with Gasteiger partial charge in [0.15, 0.2) is 16.6 Å². The molecule has 0 fully saturated rings. The summed E-state index contributed by atoms with van der Waals surface area (Å²) >= 11 is 1.48. The number of anilines is 1. The molecular formula is C20H20N2O4S. The number of ether oxygens (including phenoxy) is 3. The molecular weight excluding hydrogens is 364 g/mol. The fourth-order valence-corrected chi connectivity index (χ4v) is 3.51. The van der Waals surface area contributed by atoms with E-state index in [2.05, 4.69) is 4.98 Å². The van der Waals surface area contributed by atoms with Gasteiger partial charge in [-0.2, -0.15) is 0 Å². The maximum atomic E-state index is 12.5. The van der Waals surface area contributed by atoms with Gasteiger partial charge in [0.1, 0.15) is 0 Å². The van der Waals surface area contributed by atoms with Crippen molar-refractivity contribution in [3.63, 3.8) is 0 Å². The molecule has 0 aliphatic rings. The van der Waals surface area contributed by atoms with E-state index in [1.54, 1.807) is 46.6 Å². The van der Waals surface area contributed by atoms with E-state index in [9.17, 15) is 4.79 Å². The number of para-hydroxylation sites is 1. The molecule has 0 aliphatic carbocycles. The van der Waals surface area contributed by atoms with E-state index in [-0.39, 0.29) is 5.91 Å². The zero-order valence-corrected chi connectivity index (χ0v) is 16.4. The number of likely N-dealkylation sites (N-methyl/N-ethyl adjacent to an activating group) is 1. The zero-order valence-electron chi connectivity index (χ0n) is 15.6. The lowest BCUT2D eigenvalue weighted by Crippen LogP contribution is -2.23. The fourth-order valence-electron chi connectivity index (χ4n) is 2.57. The van der Waals surface area contributed by atoms with Crippen molar-refractivity contribution in [1.29, 1.82) is 0 Å². The van der Waals surface area contributed by atoms with Crippen molar-refractivity contribution < 1.29 is 19.0 Å². The molecule has 1 heterocycles. The first-order valence-corrected chi connectivity index (χ1v) is 9.00. The summed E-state index contributed by atoms with van der Waals surface area (Å²) < 4.78 is 17.0. The molecule has 140 valence electrons. The Morgan fingerprint density at radius 2 is 1.74 bits per heavy atom. The molecule has 1 amide bonds. The highest BCUT2D eigenvalue weighted by atomic mass is 32.1. The van der Waals surface area contributed by atoms with Crippen LogP contribution in [0.2, 0.25) is 0 Å². The lowest BCUT2D eigenvalue weighted by atomic mass is 10.1. The van der Waals surface area contributed by atoms with Crippen LogP contribution in [-0.4, -0.2) is 39.3 Å². The Hall–Kier alpha value is -3.06. The minimum atomic E-state index is -0.178. The number of benzene rings is 2. The van der Waals surface area contributed by atoms with Crippen LogP contribution in [0.1, 0.15) is 5.56 Å². The molecule has 3 aromatic rings. The van der Waals surface area contributed by atoms with Gasteiger partial charge in [-0.15, -0.1) is 0 Å². The predicted molar refractivity (Wildman–Crippen MR) is 108 cm³/mol. The van der Waals surface area contributed by atoms with Crippen molar-refractivity contribution in [2.24, 2.45) is 0 Å². The number of aromatic nitrogens is 1. The third kappa shape index (κ3) is 3.88. The van der Waals surface area contributed by atoms with Crippen LogP contribution in [0.25, 0.3) is 16.3 Å². The molecule has 0 saturated carbocycles. The first kappa shape index (κ1) is 18.7. The van der Waals surface area contributed by atoms with Crippen LogP contribution >= 0.6 is 11.3 Å². The minimum Gasteiger partial charge on any atom is -0.493 e. The predicted octanol–water partition coefficient (Wildman–Crippen LogP) is 4.00. The van der Waals surface area contributed by atoms with Crippen LogP contribution in [0.4, 0.5) is 5.13 Å². The van der Waals surface area contributed by atoms with Crippen molar-refractivity contribution in [3.05, 3.63) is 48.0 Å². The van der Waals surface area contributed by atoms with Crippen molar-refractivity contribution in [2.45, 2.75) is 0 Å². The molecule has 7 heteroatoms. The summed E-state index contributed by atoms with van der Waals surface area (Å²) in [4.78, 5) is 18.6. The van der Waals surface area contributed by atoms with Crippen LogP contribution in [0.15, 0.2) is 42.5 Å². The lowest BCUT2D eigenvalue weighted by Gasteiger charge is -2.13. The number of hydrogen-bond donors (Lipinski definition) is 0. The number of rotatable bonds is 6. The second kappa shape index (κ2) is 8.09.